The Morgan fingerprint density at radius 1 is 1.53 bits per heavy atom. The molecule has 0 saturated heterocycles. The van der Waals surface area contributed by atoms with E-state index < -0.39 is 4.92 Å². The van der Waals surface area contributed by atoms with Crippen LogP contribution in [-0.4, -0.2) is 21.2 Å². The smallest absolute Gasteiger partial charge is 0.312 e. The Bertz CT molecular complexity index is 448. The summed E-state index contributed by atoms with van der Waals surface area (Å²) in [6.45, 7) is 3.85. The first-order valence-electron chi connectivity index (χ1n) is 4.95. The lowest BCUT2D eigenvalue weighted by atomic mass is 10.2. The normalized spacial score (nSPS) is 10.1. The number of rotatable bonds is 3. The fraction of sp³-hybridized carbons (Fsp3) is 0.300. The zero-order valence-electron chi connectivity index (χ0n) is 9.43. The molecule has 0 aliphatic heterocycles. The maximum atomic E-state index is 10.6. The lowest BCUT2D eigenvalue weighted by Crippen LogP contribution is -2.33. The molecule has 0 aromatic heterocycles. The van der Waals surface area contributed by atoms with Crippen molar-refractivity contribution >= 4 is 28.7 Å². The number of phenols is 1. The first-order valence-corrected chi connectivity index (χ1v) is 5.36. The number of phenolic OH excluding ortho intramolecular Hbond substituents is 1. The minimum atomic E-state index is -0.653. The van der Waals surface area contributed by atoms with Gasteiger partial charge in [-0.05, 0) is 38.2 Å². The van der Waals surface area contributed by atoms with Gasteiger partial charge in [-0.15, -0.1) is 0 Å². The van der Waals surface area contributed by atoms with Gasteiger partial charge in [-0.2, -0.15) is 0 Å². The second kappa shape index (κ2) is 5.44. The fourth-order valence-electron chi connectivity index (χ4n) is 1.18. The average Bonchev–Trinajstić information content (AvgIpc) is 2.19. The average molecular weight is 255 g/mol. The Labute approximate surface area is 104 Å². The van der Waals surface area contributed by atoms with Crippen LogP contribution in [0.3, 0.4) is 0 Å². The van der Waals surface area contributed by atoms with Crippen LogP contribution >= 0.6 is 12.2 Å². The van der Waals surface area contributed by atoms with Crippen LogP contribution < -0.4 is 10.6 Å². The van der Waals surface area contributed by atoms with Crippen molar-refractivity contribution in [1.82, 2.24) is 5.32 Å². The van der Waals surface area contributed by atoms with E-state index in [2.05, 4.69) is 10.6 Å². The summed E-state index contributed by atoms with van der Waals surface area (Å²) >= 11 is 5.00. The van der Waals surface area contributed by atoms with Crippen molar-refractivity contribution < 1.29 is 10.0 Å². The molecule has 0 aliphatic carbocycles. The number of nitrogens with zero attached hydrogens (tertiary/aromatic N) is 1. The van der Waals surface area contributed by atoms with Crippen LogP contribution in [0.4, 0.5) is 11.4 Å². The molecule has 0 bridgehead atoms. The summed E-state index contributed by atoms with van der Waals surface area (Å²) in [5.41, 5.74) is 0.0926. The van der Waals surface area contributed by atoms with Crippen LogP contribution in [0.1, 0.15) is 13.8 Å². The summed E-state index contributed by atoms with van der Waals surface area (Å²) in [6, 6.07) is 4.15. The summed E-state index contributed by atoms with van der Waals surface area (Å²) < 4.78 is 0. The number of nitrogens with one attached hydrogen (secondary N) is 2. The van der Waals surface area contributed by atoms with Crippen LogP contribution in [-0.2, 0) is 0 Å². The van der Waals surface area contributed by atoms with E-state index in [1.807, 2.05) is 13.8 Å². The van der Waals surface area contributed by atoms with Crippen molar-refractivity contribution in [3.05, 3.63) is 28.3 Å². The summed E-state index contributed by atoms with van der Waals surface area (Å²) in [4.78, 5) is 9.95. The van der Waals surface area contributed by atoms with Crippen molar-refractivity contribution in [2.24, 2.45) is 0 Å². The molecule has 3 N–H and O–H groups in total. The summed E-state index contributed by atoms with van der Waals surface area (Å²) in [7, 11) is 0. The van der Waals surface area contributed by atoms with Crippen LogP contribution in [0.25, 0.3) is 0 Å². The Kier molecular flexibility index (Phi) is 4.22. The molecule has 1 rings (SSSR count). The van der Waals surface area contributed by atoms with Gasteiger partial charge in [0.25, 0.3) is 0 Å². The number of anilines is 1. The van der Waals surface area contributed by atoms with Gasteiger partial charge in [0.15, 0.2) is 10.9 Å². The Hall–Kier alpha value is -1.89. The van der Waals surface area contributed by atoms with Crippen molar-refractivity contribution in [3.8, 4) is 5.75 Å². The van der Waals surface area contributed by atoms with Crippen LogP contribution in [0.15, 0.2) is 18.2 Å². The van der Waals surface area contributed by atoms with E-state index in [1.165, 1.54) is 18.2 Å². The Balaban J connectivity index is 2.82. The number of aromatic hydroxyl groups is 1. The second-order valence-electron chi connectivity index (χ2n) is 3.71. The van der Waals surface area contributed by atoms with Crippen molar-refractivity contribution in [2.75, 3.05) is 5.32 Å². The van der Waals surface area contributed by atoms with Gasteiger partial charge in [-0.3, -0.25) is 10.1 Å². The fourth-order valence-corrected chi connectivity index (χ4v) is 1.53. The monoisotopic (exact) mass is 255 g/mol. The van der Waals surface area contributed by atoms with E-state index in [0.29, 0.717) is 10.8 Å². The van der Waals surface area contributed by atoms with Gasteiger partial charge >= 0.3 is 5.69 Å². The summed E-state index contributed by atoms with van der Waals surface area (Å²) in [6.07, 6.45) is 0. The molecule has 0 fully saturated rings. The second-order valence-corrected chi connectivity index (χ2v) is 4.12. The minimum Gasteiger partial charge on any atom is -0.502 e. The lowest BCUT2D eigenvalue weighted by molar-refractivity contribution is -0.385. The standard InChI is InChI=1S/C10H13N3O3S/c1-6(2)11-10(17)12-7-3-4-9(14)8(5-7)13(15)16/h3-6,14H,1-2H3,(H2,11,12,17). The molecule has 0 heterocycles. The third kappa shape index (κ3) is 3.87. The topological polar surface area (TPSA) is 87.4 Å². The van der Waals surface area contributed by atoms with Crippen LogP contribution in [0.2, 0.25) is 0 Å². The van der Waals surface area contributed by atoms with Crippen LogP contribution in [0, 0.1) is 10.1 Å². The SMILES string of the molecule is CC(C)NC(=S)Nc1ccc(O)c([N+](=O)[O-])c1. The summed E-state index contributed by atoms with van der Waals surface area (Å²) in [5.74, 6) is -0.372. The highest BCUT2D eigenvalue weighted by Crippen LogP contribution is 2.28. The number of hydrogen-bond acceptors (Lipinski definition) is 4. The summed E-state index contributed by atoms with van der Waals surface area (Å²) in [5, 5.41) is 26.0. The largest absolute Gasteiger partial charge is 0.502 e. The highest BCUT2D eigenvalue weighted by atomic mass is 32.1. The van der Waals surface area contributed by atoms with Crippen molar-refractivity contribution in [1.29, 1.82) is 0 Å². The molecule has 0 spiro atoms. The molecule has 92 valence electrons. The first kappa shape index (κ1) is 13.2. The maximum Gasteiger partial charge on any atom is 0.312 e. The Morgan fingerprint density at radius 2 is 2.18 bits per heavy atom. The van der Waals surface area contributed by atoms with E-state index in [1.54, 1.807) is 0 Å². The zero-order valence-corrected chi connectivity index (χ0v) is 10.2. The number of benzene rings is 1. The van der Waals surface area contributed by atoms with E-state index in [4.69, 9.17) is 12.2 Å². The van der Waals surface area contributed by atoms with E-state index in [9.17, 15) is 15.2 Å². The minimum absolute atomic E-state index is 0.169. The lowest BCUT2D eigenvalue weighted by Gasteiger charge is -2.12. The molecule has 0 amide bonds. The van der Waals surface area contributed by atoms with Gasteiger partial charge in [0.1, 0.15) is 0 Å². The van der Waals surface area contributed by atoms with Gasteiger partial charge in [-0.25, -0.2) is 0 Å². The molecule has 0 radical (unpaired) electrons. The van der Waals surface area contributed by atoms with Gasteiger partial charge in [-0.1, -0.05) is 0 Å². The third-order valence-electron chi connectivity index (χ3n) is 1.85. The highest BCUT2D eigenvalue weighted by Gasteiger charge is 2.13. The number of thiocarbonyl (C=S) groups is 1. The number of nitro groups is 1. The molecule has 7 heteroatoms. The molecule has 0 aliphatic rings. The molecule has 1 aromatic rings. The van der Waals surface area contributed by atoms with Crippen molar-refractivity contribution in [3.63, 3.8) is 0 Å². The molecular weight excluding hydrogens is 242 g/mol. The van der Waals surface area contributed by atoms with E-state index >= 15 is 0 Å². The van der Waals surface area contributed by atoms with Crippen LogP contribution in [0.5, 0.6) is 5.75 Å². The molecular formula is C10H13N3O3S. The van der Waals surface area contributed by atoms with Crippen molar-refractivity contribution in [2.45, 2.75) is 19.9 Å². The van der Waals surface area contributed by atoms with Gasteiger partial charge in [0.05, 0.1) is 4.92 Å². The molecule has 1 aromatic carbocycles. The number of hydrogen-bond donors (Lipinski definition) is 3. The maximum absolute atomic E-state index is 10.6. The first-order chi connectivity index (χ1) is 7.90. The van der Waals surface area contributed by atoms with Gasteiger partial charge < -0.3 is 15.7 Å². The molecule has 6 nitrogen and oxygen atoms in total. The molecule has 17 heavy (non-hydrogen) atoms. The Morgan fingerprint density at radius 3 is 2.71 bits per heavy atom. The van der Waals surface area contributed by atoms with Gasteiger partial charge in [0.2, 0.25) is 0 Å². The highest BCUT2D eigenvalue weighted by molar-refractivity contribution is 7.80. The van der Waals surface area contributed by atoms with E-state index in [0.717, 1.165) is 0 Å². The predicted octanol–water partition coefficient (Wildman–Crippen LogP) is 2.00. The molecule has 0 unspecified atom stereocenters. The predicted molar refractivity (Wildman–Crippen MR) is 69.3 cm³/mol. The zero-order chi connectivity index (χ0) is 13.0. The number of nitro benzene ring substituents is 1. The molecule has 0 saturated carbocycles. The van der Waals surface area contributed by atoms with Gasteiger partial charge in [0, 0.05) is 17.8 Å². The van der Waals surface area contributed by atoms with E-state index in [-0.39, 0.29) is 17.5 Å². The quantitative estimate of drug-likeness (QED) is 0.331. The molecule has 0 atom stereocenters. The third-order valence-corrected chi connectivity index (χ3v) is 2.07.